The molecular weight excluding hydrogens is 336 g/mol. The molecule has 0 bridgehead atoms. The van der Waals surface area contributed by atoms with E-state index in [1.807, 2.05) is 11.8 Å². The highest BCUT2D eigenvalue weighted by Crippen LogP contribution is 2.33. The minimum Gasteiger partial charge on any atom is -0.490 e. The molecule has 134 valence electrons. The van der Waals surface area contributed by atoms with Gasteiger partial charge in [0, 0.05) is 24.3 Å². The SMILES string of the molecule is CCOc1cc(CN(C(=O)CC(C)S)C2CC2)ccc1OC(F)F. The topological polar surface area (TPSA) is 38.8 Å². The summed E-state index contributed by atoms with van der Waals surface area (Å²) in [4.78, 5) is 14.2. The fourth-order valence-electron chi connectivity index (χ4n) is 2.49. The zero-order chi connectivity index (χ0) is 17.7. The predicted octanol–water partition coefficient (Wildman–Crippen LogP) is 3.89. The second-order valence-corrected chi connectivity index (χ2v) is 6.78. The molecule has 1 aromatic rings. The van der Waals surface area contributed by atoms with E-state index in [0.29, 0.717) is 19.6 Å². The molecule has 2 rings (SSSR count). The van der Waals surface area contributed by atoms with Crippen LogP contribution in [-0.4, -0.2) is 35.3 Å². The lowest BCUT2D eigenvalue weighted by Gasteiger charge is -2.24. The molecule has 1 aliphatic carbocycles. The van der Waals surface area contributed by atoms with Crippen molar-refractivity contribution in [2.75, 3.05) is 6.61 Å². The Balaban J connectivity index is 2.14. The molecule has 0 spiro atoms. The van der Waals surface area contributed by atoms with Crippen LogP contribution in [0, 0.1) is 0 Å². The van der Waals surface area contributed by atoms with Crippen LogP contribution in [0.15, 0.2) is 18.2 Å². The fraction of sp³-hybridized carbons (Fsp3) is 0.588. The molecule has 0 heterocycles. The first-order valence-corrected chi connectivity index (χ1v) is 8.60. The molecule has 0 aromatic heterocycles. The van der Waals surface area contributed by atoms with Gasteiger partial charge in [-0.2, -0.15) is 21.4 Å². The molecule has 1 unspecified atom stereocenters. The molecule has 1 saturated carbocycles. The average Bonchev–Trinajstić information content (AvgIpc) is 3.30. The number of ether oxygens (including phenoxy) is 2. The molecule has 0 N–H and O–H groups in total. The Bertz CT molecular complexity index is 565. The Hall–Kier alpha value is -1.50. The minimum absolute atomic E-state index is 0.000413. The van der Waals surface area contributed by atoms with Gasteiger partial charge in [0.25, 0.3) is 0 Å². The molecule has 7 heteroatoms. The molecule has 1 aliphatic rings. The summed E-state index contributed by atoms with van der Waals surface area (Å²) >= 11 is 4.28. The van der Waals surface area contributed by atoms with Gasteiger partial charge in [-0.15, -0.1) is 0 Å². The summed E-state index contributed by atoms with van der Waals surface area (Å²) in [5, 5.41) is -0.000413. The third kappa shape index (κ3) is 5.54. The van der Waals surface area contributed by atoms with Gasteiger partial charge in [0.2, 0.25) is 5.91 Å². The first-order valence-electron chi connectivity index (χ1n) is 8.08. The Labute approximate surface area is 146 Å². The van der Waals surface area contributed by atoms with Crippen molar-refractivity contribution >= 4 is 18.5 Å². The standard InChI is InChI=1S/C17H23F2NO3S/c1-3-22-15-9-12(4-7-14(15)23-17(18)19)10-20(13-5-6-13)16(21)8-11(2)24/h4,7,9,11,13,17,24H,3,5-6,8,10H2,1-2H3. The van der Waals surface area contributed by atoms with E-state index < -0.39 is 6.61 Å². The van der Waals surface area contributed by atoms with Crippen molar-refractivity contribution in [2.24, 2.45) is 0 Å². The van der Waals surface area contributed by atoms with Gasteiger partial charge >= 0.3 is 6.61 Å². The van der Waals surface area contributed by atoms with Crippen molar-refractivity contribution in [3.05, 3.63) is 23.8 Å². The number of halogens is 2. The highest BCUT2D eigenvalue weighted by atomic mass is 32.1. The van der Waals surface area contributed by atoms with Crippen LogP contribution in [0.2, 0.25) is 0 Å². The minimum atomic E-state index is -2.91. The summed E-state index contributed by atoms with van der Waals surface area (Å²) in [7, 11) is 0. The summed E-state index contributed by atoms with van der Waals surface area (Å²) < 4.78 is 34.8. The second kappa shape index (κ2) is 8.55. The predicted molar refractivity (Wildman–Crippen MR) is 90.9 cm³/mol. The third-order valence-electron chi connectivity index (χ3n) is 3.65. The van der Waals surface area contributed by atoms with Crippen molar-refractivity contribution in [3.8, 4) is 11.5 Å². The first kappa shape index (κ1) is 18.8. The molecule has 0 aliphatic heterocycles. The number of hydrogen-bond acceptors (Lipinski definition) is 4. The van der Waals surface area contributed by atoms with Crippen LogP contribution < -0.4 is 9.47 Å². The lowest BCUT2D eigenvalue weighted by atomic mass is 10.1. The van der Waals surface area contributed by atoms with E-state index in [9.17, 15) is 13.6 Å². The Kier molecular flexibility index (Phi) is 6.71. The lowest BCUT2D eigenvalue weighted by molar-refractivity contribution is -0.132. The van der Waals surface area contributed by atoms with Gasteiger partial charge in [-0.05, 0) is 37.5 Å². The normalized spacial score (nSPS) is 15.2. The van der Waals surface area contributed by atoms with E-state index in [1.165, 1.54) is 6.07 Å². The van der Waals surface area contributed by atoms with Crippen molar-refractivity contribution < 1.29 is 23.0 Å². The van der Waals surface area contributed by atoms with Crippen molar-refractivity contribution in [1.29, 1.82) is 0 Å². The second-order valence-electron chi connectivity index (χ2n) is 5.90. The van der Waals surface area contributed by atoms with Crippen molar-refractivity contribution in [3.63, 3.8) is 0 Å². The summed E-state index contributed by atoms with van der Waals surface area (Å²) in [5.74, 6) is 0.329. The summed E-state index contributed by atoms with van der Waals surface area (Å²) in [6.07, 6.45) is 2.37. The number of rotatable bonds is 9. The molecular formula is C17H23F2NO3S. The quantitative estimate of drug-likeness (QED) is 0.680. The summed E-state index contributed by atoms with van der Waals surface area (Å²) in [6.45, 7) is 1.52. The zero-order valence-electron chi connectivity index (χ0n) is 13.9. The van der Waals surface area contributed by atoms with E-state index in [2.05, 4.69) is 17.4 Å². The number of carbonyl (C=O) groups is 1. The Morgan fingerprint density at radius 3 is 2.62 bits per heavy atom. The van der Waals surface area contributed by atoms with Crippen LogP contribution in [0.5, 0.6) is 11.5 Å². The largest absolute Gasteiger partial charge is 0.490 e. The van der Waals surface area contributed by atoms with Gasteiger partial charge in [-0.1, -0.05) is 13.0 Å². The number of thiol groups is 1. The average molecular weight is 359 g/mol. The van der Waals surface area contributed by atoms with Crippen LogP contribution in [0.4, 0.5) is 8.78 Å². The molecule has 1 amide bonds. The number of carbonyl (C=O) groups excluding carboxylic acids is 1. The maximum atomic E-state index is 12.5. The maximum absolute atomic E-state index is 12.5. The van der Waals surface area contributed by atoms with E-state index in [4.69, 9.17) is 4.74 Å². The number of benzene rings is 1. The molecule has 4 nitrogen and oxygen atoms in total. The van der Waals surface area contributed by atoms with Gasteiger partial charge < -0.3 is 14.4 Å². The molecule has 1 atom stereocenters. The van der Waals surface area contributed by atoms with E-state index in [-0.39, 0.29) is 28.7 Å². The Morgan fingerprint density at radius 1 is 1.38 bits per heavy atom. The molecule has 1 aromatic carbocycles. The Morgan fingerprint density at radius 2 is 2.08 bits per heavy atom. The van der Waals surface area contributed by atoms with Gasteiger partial charge in [-0.3, -0.25) is 4.79 Å². The summed E-state index contributed by atoms with van der Waals surface area (Å²) in [6, 6.07) is 5.07. The highest BCUT2D eigenvalue weighted by Gasteiger charge is 2.32. The third-order valence-corrected chi connectivity index (χ3v) is 3.84. The summed E-state index contributed by atoms with van der Waals surface area (Å²) in [5.41, 5.74) is 0.826. The van der Waals surface area contributed by atoms with Crippen molar-refractivity contribution in [2.45, 2.75) is 57.6 Å². The van der Waals surface area contributed by atoms with Gasteiger partial charge in [0.1, 0.15) is 0 Å². The van der Waals surface area contributed by atoms with Crippen LogP contribution in [0.1, 0.15) is 38.7 Å². The number of alkyl halides is 2. The fourth-order valence-corrected chi connectivity index (χ4v) is 2.64. The number of hydrogen-bond donors (Lipinski definition) is 1. The smallest absolute Gasteiger partial charge is 0.387 e. The van der Waals surface area contributed by atoms with E-state index in [0.717, 1.165) is 18.4 Å². The molecule has 0 radical (unpaired) electrons. The van der Waals surface area contributed by atoms with E-state index >= 15 is 0 Å². The van der Waals surface area contributed by atoms with Crippen LogP contribution in [0.25, 0.3) is 0 Å². The number of amides is 1. The highest BCUT2D eigenvalue weighted by molar-refractivity contribution is 7.80. The van der Waals surface area contributed by atoms with E-state index in [1.54, 1.807) is 19.1 Å². The van der Waals surface area contributed by atoms with Gasteiger partial charge in [0.15, 0.2) is 11.5 Å². The maximum Gasteiger partial charge on any atom is 0.387 e. The molecule has 24 heavy (non-hydrogen) atoms. The molecule has 0 saturated heterocycles. The van der Waals surface area contributed by atoms with Gasteiger partial charge in [-0.25, -0.2) is 0 Å². The van der Waals surface area contributed by atoms with Crippen LogP contribution in [-0.2, 0) is 11.3 Å². The first-order chi connectivity index (χ1) is 11.4. The monoisotopic (exact) mass is 359 g/mol. The van der Waals surface area contributed by atoms with Gasteiger partial charge in [0.05, 0.1) is 6.61 Å². The van der Waals surface area contributed by atoms with Crippen molar-refractivity contribution in [1.82, 2.24) is 4.90 Å². The number of nitrogens with zero attached hydrogens (tertiary/aromatic N) is 1. The molecule has 1 fully saturated rings. The zero-order valence-corrected chi connectivity index (χ0v) is 14.8. The van der Waals surface area contributed by atoms with Crippen LogP contribution >= 0.6 is 12.6 Å². The lowest BCUT2D eigenvalue weighted by Crippen LogP contribution is -2.33. The van der Waals surface area contributed by atoms with Crippen LogP contribution in [0.3, 0.4) is 0 Å².